The Labute approximate surface area is 160 Å². The predicted octanol–water partition coefficient (Wildman–Crippen LogP) is 6.36. The van der Waals surface area contributed by atoms with E-state index in [-0.39, 0.29) is 17.5 Å². The van der Waals surface area contributed by atoms with Crippen molar-refractivity contribution in [1.29, 1.82) is 0 Å². The van der Waals surface area contributed by atoms with E-state index in [2.05, 4.69) is 55.4 Å². The molecule has 0 aliphatic rings. The molecule has 0 aliphatic carbocycles. The summed E-state index contributed by atoms with van der Waals surface area (Å²) in [6.45, 7) is 19.4. The lowest BCUT2D eigenvalue weighted by atomic mass is 10.2. The highest BCUT2D eigenvalue weighted by Gasteiger charge is 2.47. The Hall–Kier alpha value is -0.136. The summed E-state index contributed by atoms with van der Waals surface area (Å²) in [5.41, 5.74) is 0.881. The molecule has 0 aromatic carbocycles. The van der Waals surface area contributed by atoms with Crippen LogP contribution < -0.4 is 0 Å². The van der Waals surface area contributed by atoms with Crippen LogP contribution in [0.15, 0.2) is 0 Å². The maximum atomic E-state index is 12.9. The summed E-state index contributed by atoms with van der Waals surface area (Å²) in [5, 5.41) is 0. The molecule has 25 heavy (non-hydrogen) atoms. The normalized spacial score (nSPS) is 18.3. The third kappa shape index (κ3) is 8.39. The third-order valence-electron chi connectivity index (χ3n) is 5.27. The lowest BCUT2D eigenvalue weighted by Gasteiger charge is -2.41. The highest BCUT2D eigenvalue weighted by Crippen LogP contribution is 2.42. The molecule has 0 amide bonds. The molecule has 3 nitrogen and oxygen atoms in total. The molecule has 0 bridgehead atoms. The maximum Gasteiger partial charge on any atom is 0.295 e. The number of hydrogen-bond acceptors (Lipinski definition) is 3. The van der Waals surface area contributed by atoms with Crippen molar-refractivity contribution in [2.45, 2.75) is 117 Å². The molecule has 0 spiro atoms. The van der Waals surface area contributed by atoms with E-state index in [4.69, 9.17) is 8.85 Å². The van der Waals surface area contributed by atoms with Crippen LogP contribution in [0.25, 0.3) is 0 Å². The van der Waals surface area contributed by atoms with Crippen LogP contribution in [0.4, 0.5) is 0 Å². The molecule has 0 saturated heterocycles. The zero-order chi connectivity index (χ0) is 19.7. The van der Waals surface area contributed by atoms with Crippen molar-refractivity contribution in [2.75, 3.05) is 0 Å². The van der Waals surface area contributed by atoms with Crippen molar-refractivity contribution in [1.82, 2.24) is 0 Å². The van der Waals surface area contributed by atoms with Crippen LogP contribution in [0.2, 0.25) is 23.2 Å². The van der Waals surface area contributed by atoms with Crippen LogP contribution in [-0.2, 0) is 13.6 Å². The van der Waals surface area contributed by atoms with E-state index in [0.717, 1.165) is 37.8 Å². The largest absolute Gasteiger partial charge is 0.518 e. The highest BCUT2D eigenvalue weighted by atomic mass is 28.4. The molecule has 0 N–H and O–H groups in total. The first-order valence-corrected chi connectivity index (χ1v) is 13.6. The summed E-state index contributed by atoms with van der Waals surface area (Å²) in [5.74, 6) is -0.0734. The number of hydrogen-bond donors (Lipinski definition) is 0. The van der Waals surface area contributed by atoms with Crippen LogP contribution in [-0.4, -0.2) is 29.7 Å². The molecule has 0 heterocycles. The summed E-state index contributed by atoms with van der Waals surface area (Å²) >= 11 is 0. The summed E-state index contributed by atoms with van der Waals surface area (Å²) in [6, 6.07) is 1.86. The molecule has 0 fully saturated rings. The molecule has 148 valence electrons. The van der Waals surface area contributed by atoms with E-state index >= 15 is 0 Å². The van der Waals surface area contributed by atoms with Crippen LogP contribution >= 0.6 is 0 Å². The zero-order valence-corrected chi connectivity index (χ0v) is 20.2. The van der Waals surface area contributed by atoms with Gasteiger partial charge in [0.25, 0.3) is 14.3 Å². The van der Waals surface area contributed by atoms with Crippen LogP contribution in [0.1, 0.15) is 88.0 Å². The maximum absolute atomic E-state index is 12.9. The van der Waals surface area contributed by atoms with Gasteiger partial charge in [0.05, 0.1) is 5.92 Å². The van der Waals surface area contributed by atoms with E-state index in [9.17, 15) is 4.79 Å². The topological polar surface area (TPSA) is 35.5 Å². The van der Waals surface area contributed by atoms with Gasteiger partial charge in [-0.05, 0) is 43.9 Å². The van der Waals surface area contributed by atoms with E-state index < -0.39 is 8.32 Å². The minimum Gasteiger partial charge on any atom is -0.518 e. The fraction of sp³-hybridized carbons (Fsp3) is 0.950. The van der Waals surface area contributed by atoms with Gasteiger partial charge in [-0.15, -0.1) is 0 Å². The number of carbonyl (C=O) groups is 1. The summed E-state index contributed by atoms with van der Waals surface area (Å²) in [4.78, 5) is 12.9. The Kier molecular flexibility index (Phi) is 11.5. The predicted molar refractivity (Wildman–Crippen MR) is 112 cm³/mol. The van der Waals surface area contributed by atoms with Crippen molar-refractivity contribution in [3.05, 3.63) is 0 Å². The second kappa shape index (κ2) is 11.6. The van der Waals surface area contributed by atoms with Crippen molar-refractivity contribution >= 4 is 24.0 Å². The molecular formula is C20H42O3Si2. The van der Waals surface area contributed by atoms with Gasteiger partial charge in [0.15, 0.2) is 0 Å². The molecule has 0 aromatic heterocycles. The average molecular weight is 387 g/mol. The van der Waals surface area contributed by atoms with Crippen LogP contribution in [0.3, 0.4) is 0 Å². The molecule has 0 aliphatic heterocycles. The molecule has 0 aromatic rings. The van der Waals surface area contributed by atoms with Crippen molar-refractivity contribution in [3.8, 4) is 0 Å². The molecule has 0 rings (SSSR count). The van der Waals surface area contributed by atoms with Gasteiger partial charge >= 0.3 is 0 Å². The lowest BCUT2D eigenvalue weighted by molar-refractivity contribution is -0.139. The monoisotopic (exact) mass is 386 g/mol. The minimum atomic E-state index is -2.11. The fourth-order valence-electron chi connectivity index (χ4n) is 3.13. The Morgan fingerprint density at radius 2 is 1.56 bits per heavy atom. The Morgan fingerprint density at radius 3 is 1.96 bits per heavy atom. The van der Waals surface area contributed by atoms with E-state index in [0.29, 0.717) is 20.8 Å². The van der Waals surface area contributed by atoms with Gasteiger partial charge in [-0.2, -0.15) is 0 Å². The second-order valence-corrected chi connectivity index (χ2v) is 14.0. The van der Waals surface area contributed by atoms with Gasteiger partial charge in [-0.25, -0.2) is 0 Å². The van der Waals surface area contributed by atoms with Crippen molar-refractivity contribution < 1.29 is 13.6 Å². The summed E-state index contributed by atoms with van der Waals surface area (Å²) in [6.07, 6.45) is 4.51. The second-order valence-electron chi connectivity index (χ2n) is 8.56. The van der Waals surface area contributed by atoms with Gasteiger partial charge in [-0.1, -0.05) is 67.2 Å². The van der Waals surface area contributed by atoms with Crippen LogP contribution in [0.5, 0.6) is 0 Å². The smallest absolute Gasteiger partial charge is 0.295 e. The van der Waals surface area contributed by atoms with E-state index in [1.54, 1.807) is 0 Å². The summed E-state index contributed by atoms with van der Waals surface area (Å²) < 4.78 is 12.3. The van der Waals surface area contributed by atoms with Gasteiger partial charge < -0.3 is 8.85 Å². The Morgan fingerprint density at radius 1 is 1.04 bits per heavy atom. The molecule has 3 atom stereocenters. The summed E-state index contributed by atoms with van der Waals surface area (Å²) in [7, 11) is -1.76. The number of unbranched alkanes of at least 4 members (excludes halogenated alkanes) is 1. The van der Waals surface area contributed by atoms with Gasteiger partial charge in [-0.3, -0.25) is 4.79 Å². The molecule has 0 saturated carbocycles. The minimum absolute atomic E-state index is 0.00776. The molecular weight excluding hydrogens is 344 g/mol. The zero-order valence-electron chi connectivity index (χ0n) is 18.2. The first-order chi connectivity index (χ1) is 11.5. The average Bonchev–Trinajstić information content (AvgIpc) is 2.55. The molecule has 3 unspecified atom stereocenters. The molecule has 2 radical (unpaired) electrons. The SMILES string of the molecule is CCCC[Si](OC(=O)C(C)C[Si]OC(C)(C)C)(C(C)CC)C(C)CC. The third-order valence-corrected chi connectivity index (χ3v) is 12.7. The van der Waals surface area contributed by atoms with E-state index in [1.807, 2.05) is 6.92 Å². The van der Waals surface area contributed by atoms with Crippen LogP contribution in [0, 0.1) is 5.92 Å². The highest BCUT2D eigenvalue weighted by molar-refractivity contribution is 6.77. The Bertz CT molecular complexity index is 370. The quantitative estimate of drug-likeness (QED) is 0.366. The Balaban J connectivity index is 5.10. The fourth-order valence-corrected chi connectivity index (χ4v) is 9.39. The first kappa shape index (κ1) is 24.9. The molecule has 5 heteroatoms. The standard InChI is InChI=1S/C20H42O3Si2/c1-10-13-14-25(17(5)11-2,18(6)12-3)22-19(21)16(4)15-24-23-20(7,8)9/h16-18H,10-15H2,1-9H3. The van der Waals surface area contributed by atoms with Crippen molar-refractivity contribution in [3.63, 3.8) is 0 Å². The first-order valence-electron chi connectivity index (χ1n) is 10.2. The van der Waals surface area contributed by atoms with E-state index in [1.165, 1.54) is 0 Å². The lowest BCUT2D eigenvalue weighted by Crippen LogP contribution is -2.48. The van der Waals surface area contributed by atoms with Crippen molar-refractivity contribution in [2.24, 2.45) is 5.92 Å². The number of rotatable bonds is 12. The number of carbonyl (C=O) groups excluding carboxylic acids is 1. The van der Waals surface area contributed by atoms with Gasteiger partial charge in [0.2, 0.25) is 9.76 Å². The van der Waals surface area contributed by atoms with Gasteiger partial charge in [0.1, 0.15) is 0 Å². The van der Waals surface area contributed by atoms with Gasteiger partial charge in [0, 0.05) is 5.60 Å².